The van der Waals surface area contributed by atoms with Crippen molar-refractivity contribution in [3.8, 4) is 5.75 Å². The minimum Gasteiger partial charge on any atom is -0.489 e. The van der Waals surface area contributed by atoms with Crippen molar-refractivity contribution >= 4 is 39.4 Å². The summed E-state index contributed by atoms with van der Waals surface area (Å²) in [6, 6.07) is 8.34. The number of hydrogen-bond acceptors (Lipinski definition) is 5. The summed E-state index contributed by atoms with van der Waals surface area (Å²) in [4.78, 5) is 31.1. The Balaban J connectivity index is 1.55. The predicted molar refractivity (Wildman–Crippen MR) is 116 cm³/mol. The number of ether oxygens (including phenoxy) is 1. The average molecular weight is 457 g/mol. The van der Waals surface area contributed by atoms with E-state index in [1.807, 2.05) is 0 Å². The molecule has 0 atom stereocenters. The van der Waals surface area contributed by atoms with Crippen LogP contribution in [0.1, 0.15) is 24.4 Å². The van der Waals surface area contributed by atoms with E-state index in [0.717, 1.165) is 17.5 Å². The van der Waals surface area contributed by atoms with Gasteiger partial charge in [-0.05, 0) is 30.9 Å². The number of benzene rings is 2. The quantitative estimate of drug-likeness (QED) is 0.440. The van der Waals surface area contributed by atoms with Crippen LogP contribution in [0.3, 0.4) is 0 Å². The molecule has 2 N–H and O–H groups in total. The number of fused-ring (bicyclic) bond motifs is 2. The van der Waals surface area contributed by atoms with E-state index in [0.29, 0.717) is 40.3 Å². The lowest BCUT2D eigenvalue weighted by Crippen LogP contribution is -2.28. The second kappa shape index (κ2) is 7.90. The van der Waals surface area contributed by atoms with Crippen LogP contribution < -0.4 is 10.3 Å². The molecule has 1 aliphatic carbocycles. The van der Waals surface area contributed by atoms with Gasteiger partial charge >= 0.3 is 5.97 Å². The second-order valence-corrected chi connectivity index (χ2v) is 8.27. The number of carbonyl (C=O) groups is 1. The maximum Gasteiger partial charge on any atom is 0.325 e. The zero-order valence-electron chi connectivity index (χ0n) is 16.8. The highest BCUT2D eigenvalue weighted by Gasteiger charge is 2.25. The molecule has 1 fully saturated rings. The maximum atomic E-state index is 15.1. The molecule has 1 saturated carbocycles. The Bertz CT molecular complexity index is 1430. The number of aliphatic carboxylic acids is 1. The Labute approximate surface area is 185 Å². The van der Waals surface area contributed by atoms with E-state index >= 15 is 4.39 Å². The highest BCUT2D eigenvalue weighted by molar-refractivity contribution is 6.32. The zero-order valence-corrected chi connectivity index (χ0v) is 17.5. The van der Waals surface area contributed by atoms with Crippen LogP contribution in [-0.2, 0) is 17.8 Å². The minimum absolute atomic E-state index is 0.000140. The van der Waals surface area contributed by atoms with Gasteiger partial charge in [-0.1, -0.05) is 29.8 Å². The van der Waals surface area contributed by atoms with Gasteiger partial charge in [-0.3, -0.25) is 9.59 Å². The third-order valence-corrected chi connectivity index (χ3v) is 5.69. The first-order valence-corrected chi connectivity index (χ1v) is 10.5. The van der Waals surface area contributed by atoms with Gasteiger partial charge in [-0.25, -0.2) is 14.1 Å². The lowest BCUT2D eigenvalue weighted by Gasteiger charge is -2.09. The maximum absolute atomic E-state index is 15.1. The summed E-state index contributed by atoms with van der Waals surface area (Å²) in [6.45, 7) is -0.146. The highest BCUT2D eigenvalue weighted by Crippen LogP contribution is 2.36. The van der Waals surface area contributed by atoms with Crippen molar-refractivity contribution in [2.24, 2.45) is 5.92 Å². The molecule has 0 bridgehead atoms. The highest BCUT2D eigenvalue weighted by atomic mass is 35.5. The van der Waals surface area contributed by atoms with Gasteiger partial charge < -0.3 is 14.8 Å². The van der Waals surface area contributed by atoms with Crippen LogP contribution in [0.15, 0.2) is 35.1 Å². The molecule has 10 heteroatoms. The number of carboxylic acids is 1. The van der Waals surface area contributed by atoms with Gasteiger partial charge in [-0.2, -0.15) is 5.10 Å². The monoisotopic (exact) mass is 456 g/mol. The fraction of sp³-hybridized carbons (Fsp3) is 0.273. The Morgan fingerprint density at radius 2 is 2.06 bits per heavy atom. The number of H-pyrrole nitrogens is 1. The number of hydrogen-bond donors (Lipinski definition) is 2. The molecule has 32 heavy (non-hydrogen) atoms. The number of aromatic amines is 1. The zero-order chi connectivity index (χ0) is 22.4. The van der Waals surface area contributed by atoms with Crippen LogP contribution in [0.2, 0.25) is 5.02 Å². The van der Waals surface area contributed by atoms with E-state index in [1.165, 1.54) is 0 Å². The standard InChI is InChI=1S/C22H18ClFN4O4/c23-14-7-16-20(19(24)21(14)32-10-11-5-6-11)26-17(25-16)8-15-12-3-1-2-4-13(12)22(31)28(27-15)9-18(29)30/h1-4,7,11H,5-6,8-10H2,(H,25,26)(H,29,30). The number of imidazole rings is 1. The van der Waals surface area contributed by atoms with Crippen LogP contribution >= 0.6 is 11.6 Å². The van der Waals surface area contributed by atoms with Crippen molar-refractivity contribution in [3.63, 3.8) is 0 Å². The molecule has 0 amide bonds. The van der Waals surface area contributed by atoms with Gasteiger partial charge in [0.05, 0.1) is 34.6 Å². The van der Waals surface area contributed by atoms with E-state index in [-0.39, 0.29) is 22.7 Å². The van der Waals surface area contributed by atoms with Gasteiger partial charge in [-0.15, -0.1) is 0 Å². The molecule has 0 spiro atoms. The Morgan fingerprint density at radius 3 is 2.78 bits per heavy atom. The molecule has 4 aromatic rings. The Morgan fingerprint density at radius 1 is 1.31 bits per heavy atom. The van der Waals surface area contributed by atoms with Crippen LogP contribution in [0.4, 0.5) is 4.39 Å². The molecule has 8 nitrogen and oxygen atoms in total. The van der Waals surface area contributed by atoms with Crippen LogP contribution in [0.5, 0.6) is 5.75 Å². The van der Waals surface area contributed by atoms with Crippen molar-refractivity contribution in [2.75, 3.05) is 6.61 Å². The smallest absolute Gasteiger partial charge is 0.325 e. The SMILES string of the molecule is O=C(O)Cn1nc(Cc2nc3cc(Cl)c(OCC4CC4)c(F)c3[nH]2)c2ccccc2c1=O. The second-order valence-electron chi connectivity index (χ2n) is 7.86. The summed E-state index contributed by atoms with van der Waals surface area (Å²) in [5.41, 5.74) is 0.451. The normalized spacial score (nSPS) is 13.7. The van der Waals surface area contributed by atoms with E-state index < -0.39 is 23.9 Å². The summed E-state index contributed by atoms with van der Waals surface area (Å²) in [7, 11) is 0. The van der Waals surface area contributed by atoms with E-state index in [9.17, 15) is 9.59 Å². The third-order valence-electron chi connectivity index (χ3n) is 5.40. The van der Waals surface area contributed by atoms with E-state index in [4.69, 9.17) is 21.4 Å². The van der Waals surface area contributed by atoms with Crippen molar-refractivity contribution in [3.05, 3.63) is 63.0 Å². The molecule has 2 aromatic heterocycles. The van der Waals surface area contributed by atoms with Crippen molar-refractivity contribution in [2.45, 2.75) is 25.8 Å². The van der Waals surface area contributed by atoms with E-state index in [2.05, 4.69) is 15.1 Å². The first kappa shape index (κ1) is 20.4. The molecule has 1 aliphatic rings. The number of nitrogens with one attached hydrogen (secondary N) is 1. The number of nitrogens with zero attached hydrogens (tertiary/aromatic N) is 3. The predicted octanol–water partition coefficient (Wildman–Crippen LogP) is 3.53. The molecule has 0 unspecified atom stereocenters. The summed E-state index contributed by atoms with van der Waals surface area (Å²) in [5.74, 6) is -0.952. The molecular weight excluding hydrogens is 439 g/mol. The topological polar surface area (TPSA) is 110 Å². The number of aromatic nitrogens is 4. The molecule has 2 heterocycles. The molecule has 0 radical (unpaired) electrons. The van der Waals surface area contributed by atoms with Gasteiger partial charge in [0.25, 0.3) is 5.56 Å². The van der Waals surface area contributed by atoms with Crippen molar-refractivity contribution in [1.29, 1.82) is 0 Å². The summed E-state index contributed by atoms with van der Waals surface area (Å²) >= 11 is 6.22. The minimum atomic E-state index is -1.18. The molecule has 0 aliphatic heterocycles. The Hall–Kier alpha value is -3.46. The molecule has 164 valence electrons. The summed E-state index contributed by atoms with van der Waals surface area (Å²) in [6.07, 6.45) is 2.27. The molecule has 0 saturated heterocycles. The lowest BCUT2D eigenvalue weighted by atomic mass is 10.1. The first-order valence-electron chi connectivity index (χ1n) is 10.1. The fourth-order valence-corrected chi connectivity index (χ4v) is 3.89. The van der Waals surface area contributed by atoms with Crippen LogP contribution in [0.25, 0.3) is 21.8 Å². The van der Waals surface area contributed by atoms with Crippen molar-refractivity contribution < 1.29 is 19.0 Å². The van der Waals surface area contributed by atoms with Crippen LogP contribution in [-0.4, -0.2) is 37.4 Å². The van der Waals surface area contributed by atoms with Crippen LogP contribution in [0, 0.1) is 11.7 Å². The lowest BCUT2D eigenvalue weighted by molar-refractivity contribution is -0.138. The number of halogens is 2. The summed E-state index contributed by atoms with van der Waals surface area (Å²) in [5, 5.41) is 14.4. The van der Waals surface area contributed by atoms with Gasteiger partial charge in [0, 0.05) is 5.39 Å². The van der Waals surface area contributed by atoms with Gasteiger partial charge in [0.15, 0.2) is 11.6 Å². The molecule has 2 aromatic carbocycles. The Kier molecular flexibility index (Phi) is 5.05. The first-order chi connectivity index (χ1) is 15.4. The van der Waals surface area contributed by atoms with E-state index in [1.54, 1.807) is 30.3 Å². The largest absolute Gasteiger partial charge is 0.489 e. The fourth-order valence-electron chi connectivity index (χ4n) is 3.64. The average Bonchev–Trinajstić information content (AvgIpc) is 3.50. The van der Waals surface area contributed by atoms with Gasteiger partial charge in [0.1, 0.15) is 17.9 Å². The van der Waals surface area contributed by atoms with Gasteiger partial charge in [0.2, 0.25) is 0 Å². The number of carboxylic acid groups (broad SMARTS) is 1. The van der Waals surface area contributed by atoms with Crippen molar-refractivity contribution in [1.82, 2.24) is 19.7 Å². The third kappa shape index (κ3) is 3.80. The number of rotatable bonds is 7. The summed E-state index contributed by atoms with van der Waals surface area (Å²) < 4.78 is 21.6. The molecular formula is C22H18ClFN4O4. The molecule has 5 rings (SSSR count).